The van der Waals surface area contributed by atoms with Crippen molar-refractivity contribution in [2.45, 2.75) is 20.3 Å². The summed E-state index contributed by atoms with van der Waals surface area (Å²) < 4.78 is 2.23. The normalized spacial score (nSPS) is 11.1. The maximum Gasteiger partial charge on any atom is 0.0462 e. The highest BCUT2D eigenvalue weighted by molar-refractivity contribution is 5.76. The Morgan fingerprint density at radius 3 is 2.21 bits per heavy atom. The molecule has 0 amide bonds. The average molecular weight is 311 g/mol. The number of hydrogen-bond donors (Lipinski definition) is 0. The van der Waals surface area contributed by atoms with Crippen LogP contribution in [0.5, 0.6) is 0 Å². The van der Waals surface area contributed by atoms with Crippen molar-refractivity contribution in [3.8, 4) is 22.3 Å². The van der Waals surface area contributed by atoms with Gasteiger partial charge in [-0.3, -0.25) is 0 Å². The Balaban J connectivity index is 1.80. The SMILES string of the molecule is CCc1ccc(-c2cc3cc(-c4ccccc4)c(C)cn3c2)cc1. The van der Waals surface area contributed by atoms with Gasteiger partial charge >= 0.3 is 0 Å². The molecule has 0 saturated carbocycles. The van der Waals surface area contributed by atoms with Crippen molar-refractivity contribution in [1.29, 1.82) is 0 Å². The first-order valence-corrected chi connectivity index (χ1v) is 8.51. The Labute approximate surface area is 143 Å². The predicted octanol–water partition coefficient (Wildman–Crippen LogP) is 6.14. The zero-order valence-corrected chi connectivity index (χ0v) is 14.2. The third kappa shape index (κ3) is 2.63. The van der Waals surface area contributed by atoms with Crippen LogP contribution in [0.15, 0.2) is 79.1 Å². The van der Waals surface area contributed by atoms with E-state index >= 15 is 0 Å². The molecule has 24 heavy (non-hydrogen) atoms. The second-order valence-corrected chi connectivity index (χ2v) is 6.35. The number of pyridine rings is 1. The molecule has 4 rings (SSSR count). The topological polar surface area (TPSA) is 4.41 Å². The Hall–Kier alpha value is -2.80. The number of aryl methyl sites for hydroxylation is 2. The minimum absolute atomic E-state index is 1.08. The van der Waals surface area contributed by atoms with Crippen molar-refractivity contribution in [2.24, 2.45) is 0 Å². The highest BCUT2D eigenvalue weighted by atomic mass is 14.9. The summed E-state index contributed by atoms with van der Waals surface area (Å²) in [6.45, 7) is 4.37. The van der Waals surface area contributed by atoms with Crippen molar-refractivity contribution in [2.75, 3.05) is 0 Å². The molecule has 0 unspecified atom stereocenters. The monoisotopic (exact) mass is 311 g/mol. The molecule has 0 fully saturated rings. The molecule has 118 valence electrons. The van der Waals surface area contributed by atoms with Crippen LogP contribution in [0.3, 0.4) is 0 Å². The first-order valence-electron chi connectivity index (χ1n) is 8.51. The van der Waals surface area contributed by atoms with Gasteiger partial charge in [-0.05, 0) is 53.3 Å². The molecule has 1 heteroatoms. The van der Waals surface area contributed by atoms with Crippen molar-refractivity contribution >= 4 is 5.52 Å². The van der Waals surface area contributed by atoms with Gasteiger partial charge < -0.3 is 4.40 Å². The van der Waals surface area contributed by atoms with Crippen LogP contribution in [0, 0.1) is 6.92 Å². The van der Waals surface area contributed by atoms with Gasteiger partial charge in [-0.15, -0.1) is 0 Å². The molecule has 1 nitrogen and oxygen atoms in total. The van der Waals surface area contributed by atoms with Crippen molar-refractivity contribution in [1.82, 2.24) is 4.40 Å². The Kier molecular flexibility index (Phi) is 3.70. The van der Waals surface area contributed by atoms with Crippen molar-refractivity contribution < 1.29 is 0 Å². The number of rotatable bonds is 3. The van der Waals surface area contributed by atoms with Gasteiger partial charge in [0.2, 0.25) is 0 Å². The number of aromatic nitrogens is 1. The van der Waals surface area contributed by atoms with Crippen LogP contribution >= 0.6 is 0 Å². The Bertz CT molecular complexity index is 976. The lowest BCUT2D eigenvalue weighted by Crippen LogP contribution is -1.88. The molecule has 0 aliphatic rings. The van der Waals surface area contributed by atoms with Crippen LogP contribution in [0.25, 0.3) is 27.8 Å². The van der Waals surface area contributed by atoms with E-state index in [0.29, 0.717) is 0 Å². The summed E-state index contributed by atoms with van der Waals surface area (Å²) in [6, 6.07) is 24.0. The summed E-state index contributed by atoms with van der Waals surface area (Å²) in [6.07, 6.45) is 5.53. The number of nitrogens with zero attached hydrogens (tertiary/aromatic N) is 1. The number of hydrogen-bond acceptors (Lipinski definition) is 0. The Morgan fingerprint density at radius 2 is 1.50 bits per heavy atom. The van der Waals surface area contributed by atoms with E-state index in [1.54, 1.807) is 0 Å². The van der Waals surface area contributed by atoms with E-state index in [0.717, 1.165) is 6.42 Å². The largest absolute Gasteiger partial charge is 0.323 e. The standard InChI is InChI=1S/C23H21N/c1-3-18-9-11-19(12-10-18)21-13-22-14-23(17(2)15-24(22)16-21)20-7-5-4-6-8-20/h4-16H,3H2,1-2H3. The molecule has 0 saturated heterocycles. The van der Waals surface area contributed by atoms with Gasteiger partial charge in [-0.2, -0.15) is 0 Å². The summed E-state index contributed by atoms with van der Waals surface area (Å²) >= 11 is 0. The summed E-state index contributed by atoms with van der Waals surface area (Å²) in [5, 5.41) is 0. The van der Waals surface area contributed by atoms with Crippen LogP contribution in [0.4, 0.5) is 0 Å². The van der Waals surface area contributed by atoms with E-state index in [1.165, 1.54) is 38.9 Å². The molecule has 2 heterocycles. The highest BCUT2D eigenvalue weighted by Gasteiger charge is 2.07. The molecule has 0 spiro atoms. The summed E-state index contributed by atoms with van der Waals surface area (Å²) in [5.41, 5.74) is 9.01. The molecular formula is C23H21N. The van der Waals surface area contributed by atoms with E-state index in [9.17, 15) is 0 Å². The van der Waals surface area contributed by atoms with Crippen LogP contribution < -0.4 is 0 Å². The summed E-state index contributed by atoms with van der Waals surface area (Å²) in [7, 11) is 0. The van der Waals surface area contributed by atoms with Gasteiger partial charge in [0.05, 0.1) is 0 Å². The minimum atomic E-state index is 1.08. The highest BCUT2D eigenvalue weighted by Crippen LogP contribution is 2.29. The lowest BCUT2D eigenvalue weighted by Gasteiger charge is -2.07. The number of benzene rings is 2. The van der Waals surface area contributed by atoms with Gasteiger partial charge in [0.1, 0.15) is 0 Å². The second kappa shape index (κ2) is 6.01. The van der Waals surface area contributed by atoms with E-state index in [-0.39, 0.29) is 0 Å². The van der Waals surface area contributed by atoms with Crippen molar-refractivity contribution in [3.63, 3.8) is 0 Å². The quantitative estimate of drug-likeness (QED) is 0.428. The second-order valence-electron chi connectivity index (χ2n) is 6.35. The maximum absolute atomic E-state index is 2.29. The zero-order chi connectivity index (χ0) is 16.5. The van der Waals surface area contributed by atoms with Gasteiger partial charge in [0.25, 0.3) is 0 Å². The number of fused-ring (bicyclic) bond motifs is 1. The molecule has 0 radical (unpaired) electrons. The molecule has 4 aromatic rings. The van der Waals surface area contributed by atoms with E-state index in [2.05, 4.69) is 97.4 Å². The minimum Gasteiger partial charge on any atom is -0.323 e. The van der Waals surface area contributed by atoms with E-state index in [4.69, 9.17) is 0 Å². The van der Waals surface area contributed by atoms with Crippen LogP contribution in [-0.2, 0) is 6.42 Å². The molecular weight excluding hydrogens is 290 g/mol. The fourth-order valence-electron chi connectivity index (χ4n) is 3.28. The molecule has 0 bridgehead atoms. The summed E-state index contributed by atoms with van der Waals surface area (Å²) in [4.78, 5) is 0. The fourth-order valence-corrected chi connectivity index (χ4v) is 3.28. The van der Waals surface area contributed by atoms with Crippen LogP contribution in [0.1, 0.15) is 18.1 Å². The maximum atomic E-state index is 2.29. The smallest absolute Gasteiger partial charge is 0.0462 e. The average Bonchev–Trinajstić information content (AvgIpc) is 3.04. The van der Waals surface area contributed by atoms with Crippen LogP contribution in [0.2, 0.25) is 0 Å². The van der Waals surface area contributed by atoms with Gasteiger partial charge in [0.15, 0.2) is 0 Å². The molecule has 0 aliphatic carbocycles. The molecule has 0 aliphatic heterocycles. The zero-order valence-electron chi connectivity index (χ0n) is 14.2. The van der Waals surface area contributed by atoms with Gasteiger partial charge in [-0.25, -0.2) is 0 Å². The lowest BCUT2D eigenvalue weighted by atomic mass is 10.0. The molecule has 0 atom stereocenters. The summed E-state index contributed by atoms with van der Waals surface area (Å²) in [5.74, 6) is 0. The molecule has 2 aromatic carbocycles. The first kappa shape index (κ1) is 14.8. The Morgan fingerprint density at radius 1 is 0.750 bits per heavy atom. The third-order valence-electron chi connectivity index (χ3n) is 4.71. The van der Waals surface area contributed by atoms with Crippen LogP contribution in [-0.4, -0.2) is 4.40 Å². The molecule has 2 aromatic heterocycles. The first-order chi connectivity index (χ1) is 11.7. The third-order valence-corrected chi connectivity index (χ3v) is 4.71. The predicted molar refractivity (Wildman–Crippen MR) is 102 cm³/mol. The van der Waals surface area contributed by atoms with Gasteiger partial charge in [0, 0.05) is 23.5 Å². The lowest BCUT2D eigenvalue weighted by molar-refractivity contribution is 1.14. The fraction of sp³-hybridized carbons (Fsp3) is 0.130. The van der Waals surface area contributed by atoms with E-state index in [1.807, 2.05) is 0 Å². The van der Waals surface area contributed by atoms with E-state index < -0.39 is 0 Å². The van der Waals surface area contributed by atoms with Gasteiger partial charge in [-0.1, -0.05) is 61.5 Å². The van der Waals surface area contributed by atoms with Crippen molar-refractivity contribution in [3.05, 3.63) is 90.3 Å². The molecule has 0 N–H and O–H groups in total.